The molecule has 1 N–H and O–H groups in total. The molecule has 1 saturated heterocycles. The van der Waals surface area contributed by atoms with Crippen LogP contribution in [-0.4, -0.2) is 20.2 Å². The number of carbonyl (C=O) groups is 1. The minimum Gasteiger partial charge on any atom is -0.507 e. The fourth-order valence-electron chi connectivity index (χ4n) is 2.18. The quantitative estimate of drug-likeness (QED) is 0.647. The number of carbonyl (C=O) groups excluding carboxylic acids is 1. The Balaban J connectivity index is 1.86. The summed E-state index contributed by atoms with van der Waals surface area (Å²) in [6.45, 7) is 0.435. The van der Waals surface area contributed by atoms with E-state index in [1.165, 1.54) is 17.8 Å². The number of phenols is 1. The monoisotopic (exact) mass is 361 g/mol. The summed E-state index contributed by atoms with van der Waals surface area (Å²) < 4.78 is 0.506. The van der Waals surface area contributed by atoms with Gasteiger partial charge in [0, 0.05) is 10.6 Å². The maximum Gasteiger partial charge on any atom is 0.266 e. The summed E-state index contributed by atoms with van der Waals surface area (Å²) in [7, 11) is 0. The first-order valence-corrected chi connectivity index (χ1v) is 8.42. The highest BCUT2D eigenvalue weighted by atomic mass is 35.5. The molecule has 1 amide bonds. The minimum absolute atomic E-state index is 0.0720. The van der Waals surface area contributed by atoms with Gasteiger partial charge in [-0.15, -0.1) is 0 Å². The maximum absolute atomic E-state index is 12.6. The van der Waals surface area contributed by atoms with E-state index in [1.807, 2.05) is 30.3 Å². The normalized spacial score (nSPS) is 16.4. The van der Waals surface area contributed by atoms with Gasteiger partial charge in [0.05, 0.1) is 11.4 Å². The topological polar surface area (TPSA) is 40.5 Å². The zero-order valence-electron chi connectivity index (χ0n) is 11.9. The number of hydrogen-bond donors (Lipinski definition) is 1. The zero-order valence-corrected chi connectivity index (χ0v) is 14.3. The standard InChI is InChI=1S/C17H12ClNO2S2/c18-13-6-7-14(20)12(8-13)9-15-16(21)19(17(22)23-15)10-11-4-2-1-3-5-11/h1-9,20H,10H2/b15-9+. The number of rotatable bonds is 3. The number of aromatic hydroxyl groups is 1. The molecule has 1 aliphatic heterocycles. The van der Waals surface area contributed by atoms with Gasteiger partial charge in [0.2, 0.25) is 0 Å². The summed E-state index contributed by atoms with van der Waals surface area (Å²) in [5.74, 6) is -0.0917. The molecular weight excluding hydrogens is 350 g/mol. The highest BCUT2D eigenvalue weighted by Crippen LogP contribution is 2.35. The molecule has 2 aromatic rings. The van der Waals surface area contributed by atoms with E-state index in [2.05, 4.69) is 0 Å². The Hall–Kier alpha value is -1.82. The van der Waals surface area contributed by atoms with Crippen LogP contribution >= 0.6 is 35.6 Å². The Labute approximate surface area is 148 Å². The third-order valence-electron chi connectivity index (χ3n) is 3.33. The van der Waals surface area contributed by atoms with Crippen molar-refractivity contribution in [3.63, 3.8) is 0 Å². The van der Waals surface area contributed by atoms with Crippen molar-refractivity contribution in [2.75, 3.05) is 0 Å². The van der Waals surface area contributed by atoms with Crippen LogP contribution in [0, 0.1) is 0 Å². The van der Waals surface area contributed by atoms with Gasteiger partial charge < -0.3 is 5.11 Å². The van der Waals surface area contributed by atoms with Crippen molar-refractivity contribution >= 4 is 51.9 Å². The van der Waals surface area contributed by atoms with Crippen molar-refractivity contribution < 1.29 is 9.90 Å². The SMILES string of the molecule is O=C1/C(=C\c2cc(Cl)ccc2O)SC(=S)N1Cc1ccccc1. The smallest absolute Gasteiger partial charge is 0.266 e. The number of amides is 1. The van der Waals surface area contributed by atoms with Gasteiger partial charge >= 0.3 is 0 Å². The van der Waals surface area contributed by atoms with Gasteiger partial charge in [-0.3, -0.25) is 9.69 Å². The van der Waals surface area contributed by atoms with Crippen LogP contribution in [0.2, 0.25) is 5.02 Å². The molecule has 1 heterocycles. The molecule has 23 heavy (non-hydrogen) atoms. The number of thioether (sulfide) groups is 1. The zero-order chi connectivity index (χ0) is 16.4. The van der Waals surface area contributed by atoms with Crippen LogP contribution in [0.25, 0.3) is 6.08 Å². The molecule has 0 bridgehead atoms. The molecule has 2 aromatic carbocycles. The Kier molecular flexibility index (Phi) is 4.71. The van der Waals surface area contributed by atoms with Gasteiger partial charge in [0.1, 0.15) is 10.1 Å². The number of thiocarbonyl (C=S) groups is 1. The van der Waals surface area contributed by atoms with Crippen LogP contribution in [-0.2, 0) is 11.3 Å². The lowest BCUT2D eigenvalue weighted by Crippen LogP contribution is -2.27. The van der Waals surface area contributed by atoms with Crippen LogP contribution in [0.3, 0.4) is 0 Å². The predicted octanol–water partition coefficient (Wildman–Crippen LogP) is 4.45. The van der Waals surface area contributed by atoms with Crippen LogP contribution in [0.4, 0.5) is 0 Å². The summed E-state index contributed by atoms with van der Waals surface area (Å²) in [5.41, 5.74) is 1.51. The number of nitrogens with zero attached hydrogens (tertiary/aromatic N) is 1. The van der Waals surface area contributed by atoms with Gasteiger partial charge in [0.25, 0.3) is 5.91 Å². The molecule has 0 radical (unpaired) electrons. The number of halogens is 1. The van der Waals surface area contributed by atoms with Gasteiger partial charge in [-0.25, -0.2) is 0 Å². The van der Waals surface area contributed by atoms with Crippen molar-refractivity contribution in [3.05, 3.63) is 69.6 Å². The van der Waals surface area contributed by atoms with Crippen LogP contribution < -0.4 is 0 Å². The minimum atomic E-state index is -0.164. The van der Waals surface area contributed by atoms with E-state index < -0.39 is 0 Å². The van der Waals surface area contributed by atoms with Gasteiger partial charge in [0.15, 0.2) is 0 Å². The molecule has 0 spiro atoms. The Morgan fingerprint density at radius 3 is 2.70 bits per heavy atom. The Morgan fingerprint density at radius 1 is 1.22 bits per heavy atom. The van der Waals surface area contributed by atoms with E-state index >= 15 is 0 Å². The fourth-order valence-corrected chi connectivity index (χ4v) is 3.61. The van der Waals surface area contributed by atoms with Crippen LogP contribution in [0.1, 0.15) is 11.1 Å². The first-order chi connectivity index (χ1) is 11.0. The number of phenolic OH excluding ortho intramolecular Hbond substituents is 1. The molecule has 1 fully saturated rings. The Morgan fingerprint density at radius 2 is 1.96 bits per heavy atom. The molecule has 3 rings (SSSR count). The second-order valence-electron chi connectivity index (χ2n) is 4.96. The van der Waals surface area contributed by atoms with E-state index in [0.717, 1.165) is 5.56 Å². The molecule has 0 aromatic heterocycles. The molecule has 0 unspecified atom stereocenters. The molecular formula is C17H12ClNO2S2. The number of benzene rings is 2. The second-order valence-corrected chi connectivity index (χ2v) is 7.07. The average Bonchev–Trinajstić information content (AvgIpc) is 2.80. The van der Waals surface area contributed by atoms with Crippen LogP contribution in [0.15, 0.2) is 53.4 Å². The molecule has 6 heteroatoms. The van der Waals surface area contributed by atoms with E-state index in [-0.39, 0.29) is 11.7 Å². The lowest BCUT2D eigenvalue weighted by atomic mass is 10.2. The van der Waals surface area contributed by atoms with Crippen molar-refractivity contribution in [1.82, 2.24) is 4.90 Å². The van der Waals surface area contributed by atoms with Gasteiger partial charge in [-0.05, 0) is 29.8 Å². The lowest BCUT2D eigenvalue weighted by molar-refractivity contribution is -0.122. The Bertz CT molecular complexity index is 805. The van der Waals surface area contributed by atoms with Crippen molar-refractivity contribution in [2.24, 2.45) is 0 Å². The van der Waals surface area contributed by atoms with Crippen molar-refractivity contribution in [1.29, 1.82) is 0 Å². The second kappa shape index (κ2) is 6.74. The average molecular weight is 362 g/mol. The summed E-state index contributed by atoms with van der Waals surface area (Å²) >= 11 is 12.5. The summed E-state index contributed by atoms with van der Waals surface area (Å²) in [5, 5.41) is 10.4. The van der Waals surface area contributed by atoms with Gasteiger partial charge in [-0.1, -0.05) is 65.9 Å². The van der Waals surface area contributed by atoms with Crippen molar-refractivity contribution in [3.8, 4) is 5.75 Å². The molecule has 3 nitrogen and oxygen atoms in total. The predicted molar refractivity (Wildman–Crippen MR) is 98.3 cm³/mol. The molecule has 0 saturated carbocycles. The van der Waals surface area contributed by atoms with E-state index in [9.17, 15) is 9.90 Å². The van der Waals surface area contributed by atoms with E-state index in [0.29, 0.717) is 26.4 Å². The van der Waals surface area contributed by atoms with E-state index in [4.69, 9.17) is 23.8 Å². The molecule has 116 valence electrons. The fraction of sp³-hybridized carbons (Fsp3) is 0.0588. The third kappa shape index (κ3) is 3.58. The molecule has 0 aliphatic carbocycles. The first kappa shape index (κ1) is 16.1. The summed E-state index contributed by atoms with van der Waals surface area (Å²) in [6.07, 6.45) is 1.62. The summed E-state index contributed by atoms with van der Waals surface area (Å²) in [4.78, 5) is 14.6. The lowest BCUT2D eigenvalue weighted by Gasteiger charge is -2.14. The van der Waals surface area contributed by atoms with Gasteiger partial charge in [-0.2, -0.15) is 0 Å². The third-order valence-corrected chi connectivity index (χ3v) is 4.95. The van der Waals surface area contributed by atoms with Crippen molar-refractivity contribution in [2.45, 2.75) is 6.54 Å². The summed E-state index contributed by atoms with van der Waals surface area (Å²) in [6, 6.07) is 14.4. The van der Waals surface area contributed by atoms with E-state index in [1.54, 1.807) is 23.1 Å². The molecule has 0 atom stereocenters. The highest BCUT2D eigenvalue weighted by Gasteiger charge is 2.32. The first-order valence-electron chi connectivity index (χ1n) is 6.82. The maximum atomic E-state index is 12.6. The molecule has 1 aliphatic rings. The number of hydrogen-bond acceptors (Lipinski definition) is 4. The highest BCUT2D eigenvalue weighted by molar-refractivity contribution is 8.26. The van der Waals surface area contributed by atoms with Crippen LogP contribution in [0.5, 0.6) is 5.75 Å². The largest absolute Gasteiger partial charge is 0.507 e.